The first-order chi connectivity index (χ1) is 7.72. The summed E-state index contributed by atoms with van der Waals surface area (Å²) in [5.74, 6) is -0.322. The maximum atomic E-state index is 13.5. The van der Waals surface area contributed by atoms with E-state index in [1.165, 1.54) is 10.7 Å². The number of benzene rings is 1. The number of aryl methyl sites for hydroxylation is 1. The molecular weight excluding hydrogens is 205 g/mol. The predicted molar refractivity (Wildman–Crippen MR) is 57.6 cm³/mol. The normalized spacial score (nSPS) is 10.1. The van der Waals surface area contributed by atoms with Crippen LogP contribution >= 0.6 is 0 Å². The molecule has 0 N–H and O–H groups in total. The van der Waals surface area contributed by atoms with E-state index in [9.17, 15) is 4.39 Å². The Bertz CT molecular complexity index is 552. The average molecular weight is 215 g/mol. The molecule has 0 aliphatic rings. The highest BCUT2D eigenvalue weighted by molar-refractivity contribution is 5.35. The van der Waals surface area contributed by atoms with Crippen LogP contribution in [0.2, 0.25) is 0 Å². The molecule has 0 spiro atoms. The second kappa shape index (κ2) is 4.15. The molecule has 16 heavy (non-hydrogen) atoms. The summed E-state index contributed by atoms with van der Waals surface area (Å²) >= 11 is 0. The Morgan fingerprint density at radius 3 is 2.88 bits per heavy atom. The summed E-state index contributed by atoms with van der Waals surface area (Å²) in [6.45, 7) is 1.83. The van der Waals surface area contributed by atoms with Gasteiger partial charge in [-0.1, -0.05) is 12.1 Å². The minimum Gasteiger partial charge on any atom is -0.235 e. The highest BCUT2D eigenvalue weighted by atomic mass is 19.1. The monoisotopic (exact) mass is 215 g/mol. The first-order valence-corrected chi connectivity index (χ1v) is 4.90. The summed E-state index contributed by atoms with van der Waals surface area (Å²) < 4.78 is 15.0. The molecule has 0 amide bonds. The van der Waals surface area contributed by atoms with E-state index in [1.54, 1.807) is 24.3 Å². The molecule has 0 fully saturated rings. The van der Waals surface area contributed by atoms with Crippen LogP contribution in [0, 0.1) is 24.1 Å². The Balaban J connectivity index is 2.49. The second-order valence-corrected chi connectivity index (χ2v) is 3.48. The number of nitrogens with zero attached hydrogens (tertiary/aromatic N) is 3. The van der Waals surface area contributed by atoms with E-state index in [4.69, 9.17) is 5.26 Å². The van der Waals surface area contributed by atoms with Crippen LogP contribution in [0.1, 0.15) is 11.4 Å². The van der Waals surface area contributed by atoms with Crippen molar-refractivity contribution in [1.82, 2.24) is 9.78 Å². The third-order valence-corrected chi connectivity index (χ3v) is 2.28. The zero-order valence-corrected chi connectivity index (χ0v) is 8.81. The maximum absolute atomic E-state index is 13.5. The summed E-state index contributed by atoms with van der Waals surface area (Å²) in [5.41, 5.74) is 1.88. The zero-order chi connectivity index (χ0) is 11.5. The lowest BCUT2D eigenvalue weighted by Gasteiger charge is -2.04. The van der Waals surface area contributed by atoms with E-state index in [-0.39, 0.29) is 12.2 Å². The van der Waals surface area contributed by atoms with E-state index >= 15 is 0 Å². The van der Waals surface area contributed by atoms with Gasteiger partial charge < -0.3 is 0 Å². The summed E-state index contributed by atoms with van der Waals surface area (Å²) in [6, 6.07) is 10.2. The molecule has 0 saturated heterocycles. The van der Waals surface area contributed by atoms with Crippen molar-refractivity contribution < 1.29 is 4.39 Å². The quantitative estimate of drug-likeness (QED) is 0.771. The van der Waals surface area contributed by atoms with Crippen LogP contribution in [0.3, 0.4) is 0 Å². The fourth-order valence-electron chi connectivity index (χ4n) is 1.57. The van der Waals surface area contributed by atoms with Gasteiger partial charge >= 0.3 is 0 Å². The summed E-state index contributed by atoms with van der Waals surface area (Å²) in [6.07, 6.45) is 0.238. The van der Waals surface area contributed by atoms with Crippen molar-refractivity contribution >= 4 is 0 Å². The first-order valence-electron chi connectivity index (χ1n) is 4.90. The van der Waals surface area contributed by atoms with Crippen LogP contribution in [-0.4, -0.2) is 9.78 Å². The summed E-state index contributed by atoms with van der Waals surface area (Å²) in [4.78, 5) is 0. The molecule has 1 aromatic heterocycles. The number of aromatic nitrogens is 2. The summed E-state index contributed by atoms with van der Waals surface area (Å²) in [5, 5.41) is 12.8. The van der Waals surface area contributed by atoms with Gasteiger partial charge in [-0.15, -0.1) is 0 Å². The van der Waals surface area contributed by atoms with E-state index in [1.807, 2.05) is 13.0 Å². The maximum Gasteiger partial charge on any atom is 0.148 e. The van der Waals surface area contributed by atoms with Gasteiger partial charge in [0.05, 0.1) is 18.2 Å². The van der Waals surface area contributed by atoms with Crippen LogP contribution < -0.4 is 0 Å². The molecule has 0 unspecified atom stereocenters. The van der Waals surface area contributed by atoms with Gasteiger partial charge in [-0.3, -0.25) is 0 Å². The highest BCUT2D eigenvalue weighted by Gasteiger charge is 2.09. The van der Waals surface area contributed by atoms with E-state index in [0.717, 1.165) is 5.69 Å². The van der Waals surface area contributed by atoms with Crippen molar-refractivity contribution in [2.75, 3.05) is 0 Å². The van der Waals surface area contributed by atoms with Gasteiger partial charge in [0, 0.05) is 5.69 Å². The molecule has 0 bridgehead atoms. The number of para-hydroxylation sites is 1. The molecule has 0 atom stereocenters. The van der Waals surface area contributed by atoms with Gasteiger partial charge in [0.25, 0.3) is 0 Å². The molecule has 0 saturated carbocycles. The molecule has 1 heterocycles. The lowest BCUT2D eigenvalue weighted by atomic mass is 10.3. The molecule has 0 aliphatic heterocycles. The number of hydrogen-bond donors (Lipinski definition) is 0. The number of rotatable bonds is 2. The topological polar surface area (TPSA) is 41.6 Å². The van der Waals surface area contributed by atoms with Gasteiger partial charge in [-0.05, 0) is 25.1 Å². The largest absolute Gasteiger partial charge is 0.235 e. The van der Waals surface area contributed by atoms with E-state index in [2.05, 4.69) is 5.10 Å². The van der Waals surface area contributed by atoms with Gasteiger partial charge in [-0.2, -0.15) is 10.4 Å². The fraction of sp³-hybridized carbons (Fsp3) is 0.167. The minimum atomic E-state index is -0.322. The Labute approximate surface area is 92.7 Å². The Hall–Kier alpha value is -2.15. The Morgan fingerprint density at radius 2 is 2.19 bits per heavy atom. The van der Waals surface area contributed by atoms with Gasteiger partial charge in [0.2, 0.25) is 0 Å². The molecule has 2 aromatic rings. The average Bonchev–Trinajstić information content (AvgIpc) is 2.61. The molecule has 80 valence electrons. The van der Waals surface area contributed by atoms with Crippen molar-refractivity contribution in [3.05, 3.63) is 47.5 Å². The van der Waals surface area contributed by atoms with Crippen molar-refractivity contribution in [3.63, 3.8) is 0 Å². The lowest BCUT2D eigenvalue weighted by Crippen LogP contribution is -2.01. The van der Waals surface area contributed by atoms with Gasteiger partial charge in [-0.25, -0.2) is 9.07 Å². The SMILES string of the molecule is Cc1cc(CC#N)nn1-c1ccccc1F. The molecular formula is C12H10FN3. The van der Waals surface area contributed by atoms with Crippen LogP contribution in [0.15, 0.2) is 30.3 Å². The molecule has 4 heteroatoms. The van der Waals surface area contributed by atoms with Crippen molar-refractivity contribution in [2.45, 2.75) is 13.3 Å². The molecule has 3 nitrogen and oxygen atoms in total. The standard InChI is InChI=1S/C12H10FN3/c1-9-8-10(6-7-14)15-16(9)12-5-3-2-4-11(12)13/h2-5,8H,6H2,1H3. The third-order valence-electron chi connectivity index (χ3n) is 2.28. The van der Waals surface area contributed by atoms with Crippen LogP contribution in [0.25, 0.3) is 5.69 Å². The van der Waals surface area contributed by atoms with E-state index < -0.39 is 0 Å². The zero-order valence-electron chi connectivity index (χ0n) is 8.81. The molecule has 2 rings (SSSR count). The second-order valence-electron chi connectivity index (χ2n) is 3.48. The first kappa shape index (κ1) is 10.4. The van der Waals surface area contributed by atoms with Crippen molar-refractivity contribution in [3.8, 4) is 11.8 Å². The third kappa shape index (κ3) is 1.80. The smallest absolute Gasteiger partial charge is 0.148 e. The van der Waals surface area contributed by atoms with Gasteiger partial charge in [0.15, 0.2) is 0 Å². The Kier molecular flexibility index (Phi) is 2.69. The van der Waals surface area contributed by atoms with Crippen molar-refractivity contribution in [1.29, 1.82) is 5.26 Å². The van der Waals surface area contributed by atoms with Crippen LogP contribution in [0.4, 0.5) is 4.39 Å². The molecule has 1 aromatic carbocycles. The van der Waals surface area contributed by atoms with Crippen molar-refractivity contribution in [2.24, 2.45) is 0 Å². The minimum absolute atomic E-state index is 0.238. The van der Waals surface area contributed by atoms with Gasteiger partial charge in [0.1, 0.15) is 11.5 Å². The summed E-state index contributed by atoms with van der Waals surface area (Å²) in [7, 11) is 0. The number of hydrogen-bond acceptors (Lipinski definition) is 2. The fourth-order valence-corrected chi connectivity index (χ4v) is 1.57. The predicted octanol–water partition coefficient (Wildman–Crippen LogP) is 2.39. The number of nitriles is 1. The van der Waals surface area contributed by atoms with Crippen LogP contribution in [0.5, 0.6) is 0 Å². The Morgan fingerprint density at radius 1 is 1.44 bits per heavy atom. The highest BCUT2D eigenvalue weighted by Crippen LogP contribution is 2.15. The number of halogens is 1. The van der Waals surface area contributed by atoms with E-state index in [0.29, 0.717) is 11.4 Å². The molecule has 0 aliphatic carbocycles. The molecule has 0 radical (unpaired) electrons. The van der Waals surface area contributed by atoms with Crippen LogP contribution in [-0.2, 0) is 6.42 Å². The lowest BCUT2D eigenvalue weighted by molar-refractivity contribution is 0.608.